The quantitative estimate of drug-likeness (QED) is 0.759. The van der Waals surface area contributed by atoms with Crippen molar-refractivity contribution >= 4 is 11.5 Å². The molecule has 0 aliphatic carbocycles. The van der Waals surface area contributed by atoms with Crippen LogP contribution in [-0.4, -0.2) is 38.0 Å². The Bertz CT molecular complexity index is 1010. The third-order valence-electron chi connectivity index (χ3n) is 4.53. The van der Waals surface area contributed by atoms with Gasteiger partial charge < -0.3 is 9.80 Å². The molecule has 1 unspecified atom stereocenters. The van der Waals surface area contributed by atoms with Crippen LogP contribution in [-0.2, 0) is 0 Å². The highest BCUT2D eigenvalue weighted by atomic mass is 16.1. The van der Waals surface area contributed by atoms with E-state index < -0.39 is 5.92 Å². The van der Waals surface area contributed by atoms with Crippen LogP contribution in [0.15, 0.2) is 59.4 Å². The molecule has 1 atom stereocenters. The molecule has 1 heterocycles. The summed E-state index contributed by atoms with van der Waals surface area (Å²) in [7, 11) is 7.64. The summed E-state index contributed by atoms with van der Waals surface area (Å²) in [5.41, 5.74) is 2.80. The highest BCUT2D eigenvalue weighted by Gasteiger charge is 2.26. The van der Waals surface area contributed by atoms with E-state index in [1.807, 2.05) is 92.6 Å². The molecule has 0 bridgehead atoms. The largest absolute Gasteiger partial charge is 0.378 e. The van der Waals surface area contributed by atoms with Crippen LogP contribution in [0.2, 0.25) is 0 Å². The Morgan fingerprint density at radius 2 is 1.59 bits per heavy atom. The Labute approximate surface area is 158 Å². The van der Waals surface area contributed by atoms with Gasteiger partial charge in [-0.2, -0.15) is 5.26 Å². The van der Waals surface area contributed by atoms with E-state index in [4.69, 9.17) is 0 Å². The van der Waals surface area contributed by atoms with E-state index in [1.165, 1.54) is 4.68 Å². The molecule has 1 aromatic heterocycles. The molecule has 0 saturated carbocycles. The summed E-state index contributed by atoms with van der Waals surface area (Å²) >= 11 is 0. The second-order valence-corrected chi connectivity index (χ2v) is 6.79. The average Bonchev–Trinajstić information content (AvgIpc) is 3.01. The zero-order chi connectivity index (χ0) is 19.6. The zero-order valence-electron chi connectivity index (χ0n) is 16.0. The maximum absolute atomic E-state index is 13.2. The van der Waals surface area contributed by atoms with Crippen molar-refractivity contribution in [1.29, 1.82) is 5.26 Å². The molecular weight excluding hydrogens is 338 g/mol. The number of aromatic nitrogens is 2. The van der Waals surface area contributed by atoms with Crippen LogP contribution in [0.4, 0.5) is 11.5 Å². The third-order valence-corrected chi connectivity index (χ3v) is 4.53. The van der Waals surface area contributed by atoms with E-state index in [-0.39, 0.29) is 5.56 Å². The first kappa shape index (κ1) is 18.3. The van der Waals surface area contributed by atoms with E-state index in [9.17, 15) is 10.1 Å². The first-order chi connectivity index (χ1) is 12.9. The number of rotatable bonds is 5. The Morgan fingerprint density at radius 1 is 0.963 bits per heavy atom. The van der Waals surface area contributed by atoms with Crippen molar-refractivity contribution in [1.82, 2.24) is 9.78 Å². The van der Waals surface area contributed by atoms with Gasteiger partial charge in [0, 0.05) is 33.9 Å². The van der Waals surface area contributed by atoms with Gasteiger partial charge in [0.15, 0.2) is 0 Å². The lowest BCUT2D eigenvalue weighted by atomic mass is 9.93. The molecule has 0 radical (unpaired) electrons. The predicted molar refractivity (Wildman–Crippen MR) is 109 cm³/mol. The Kier molecular flexibility index (Phi) is 5.04. The van der Waals surface area contributed by atoms with Crippen molar-refractivity contribution in [2.24, 2.45) is 0 Å². The molecule has 0 fully saturated rings. The Hall–Kier alpha value is -3.46. The second-order valence-electron chi connectivity index (χ2n) is 6.79. The van der Waals surface area contributed by atoms with Gasteiger partial charge in [-0.15, -0.1) is 0 Å². The normalized spacial score (nSPS) is 11.7. The minimum atomic E-state index is -0.660. The fourth-order valence-corrected chi connectivity index (χ4v) is 3.07. The van der Waals surface area contributed by atoms with E-state index >= 15 is 0 Å². The van der Waals surface area contributed by atoms with E-state index in [0.717, 1.165) is 16.9 Å². The minimum absolute atomic E-state index is 0.215. The number of nitrogens with zero attached hydrogens (tertiary/aromatic N) is 4. The predicted octanol–water partition coefficient (Wildman–Crippen LogP) is 2.95. The van der Waals surface area contributed by atoms with E-state index in [1.54, 1.807) is 0 Å². The highest BCUT2D eigenvalue weighted by Crippen LogP contribution is 2.29. The summed E-state index contributed by atoms with van der Waals surface area (Å²) in [5, 5.41) is 13.0. The lowest BCUT2D eigenvalue weighted by Crippen LogP contribution is -2.20. The first-order valence-corrected chi connectivity index (χ1v) is 8.68. The fourth-order valence-electron chi connectivity index (χ4n) is 3.07. The van der Waals surface area contributed by atoms with Gasteiger partial charge in [-0.1, -0.05) is 30.3 Å². The number of hydrogen-bond donors (Lipinski definition) is 1. The third kappa shape index (κ3) is 3.44. The van der Waals surface area contributed by atoms with Crippen molar-refractivity contribution in [3.05, 3.63) is 76.1 Å². The van der Waals surface area contributed by atoms with Crippen LogP contribution in [0, 0.1) is 11.3 Å². The van der Waals surface area contributed by atoms with Crippen molar-refractivity contribution < 1.29 is 0 Å². The SMILES string of the molecule is CN(C)c1ccc(C(C#N)c2c(N(C)C)[nH]n(-c3ccccc3)c2=O)cc1. The van der Waals surface area contributed by atoms with Gasteiger partial charge in [-0.3, -0.25) is 9.89 Å². The van der Waals surface area contributed by atoms with Crippen molar-refractivity contribution in [3.8, 4) is 11.8 Å². The number of H-pyrrole nitrogens is 1. The molecule has 27 heavy (non-hydrogen) atoms. The lowest BCUT2D eigenvalue weighted by molar-refractivity contribution is 0.837. The molecular formula is C21H23N5O. The molecule has 6 nitrogen and oxygen atoms in total. The van der Waals surface area contributed by atoms with Gasteiger partial charge in [0.1, 0.15) is 11.7 Å². The number of benzene rings is 2. The maximum atomic E-state index is 13.2. The summed E-state index contributed by atoms with van der Waals surface area (Å²) in [5.74, 6) is -0.0283. The highest BCUT2D eigenvalue weighted by molar-refractivity contribution is 5.56. The van der Waals surface area contributed by atoms with E-state index in [0.29, 0.717) is 11.4 Å². The summed E-state index contributed by atoms with van der Waals surface area (Å²) in [6.45, 7) is 0. The number of anilines is 2. The standard InChI is InChI=1S/C21H23N5O/c1-24(2)16-12-10-15(11-13-16)18(14-22)19-20(25(3)4)23-26(21(19)27)17-8-6-5-7-9-17/h5-13,18,23H,1-4H3. The van der Waals surface area contributed by atoms with Crippen LogP contribution in [0.3, 0.4) is 0 Å². The molecule has 0 amide bonds. The van der Waals surface area contributed by atoms with Gasteiger partial charge in [0.2, 0.25) is 0 Å². The summed E-state index contributed by atoms with van der Waals surface area (Å²) in [4.78, 5) is 17.0. The first-order valence-electron chi connectivity index (χ1n) is 8.68. The van der Waals surface area contributed by atoms with Gasteiger partial charge in [-0.05, 0) is 29.8 Å². The van der Waals surface area contributed by atoms with Crippen LogP contribution in [0.5, 0.6) is 0 Å². The number of para-hydroxylation sites is 1. The molecule has 0 aliphatic rings. The summed E-state index contributed by atoms with van der Waals surface area (Å²) in [6.07, 6.45) is 0. The molecule has 0 saturated heterocycles. The Balaban J connectivity index is 2.15. The fraction of sp³-hybridized carbons (Fsp3) is 0.238. The van der Waals surface area contributed by atoms with Gasteiger partial charge in [0.25, 0.3) is 5.56 Å². The molecule has 1 N–H and O–H groups in total. The average molecular weight is 361 g/mol. The van der Waals surface area contributed by atoms with Crippen molar-refractivity contribution in [2.75, 3.05) is 38.0 Å². The smallest absolute Gasteiger partial charge is 0.278 e. The summed E-state index contributed by atoms with van der Waals surface area (Å²) in [6, 6.07) is 19.4. The van der Waals surface area contributed by atoms with Crippen molar-refractivity contribution in [3.63, 3.8) is 0 Å². The number of nitriles is 1. The number of aromatic amines is 1. The Morgan fingerprint density at radius 3 is 2.11 bits per heavy atom. The minimum Gasteiger partial charge on any atom is -0.378 e. The second kappa shape index (κ2) is 7.42. The van der Waals surface area contributed by atoms with Crippen LogP contribution >= 0.6 is 0 Å². The lowest BCUT2D eigenvalue weighted by Gasteiger charge is -2.16. The molecule has 6 heteroatoms. The zero-order valence-corrected chi connectivity index (χ0v) is 16.0. The van der Waals surface area contributed by atoms with Gasteiger partial charge in [-0.25, -0.2) is 4.68 Å². The van der Waals surface area contributed by atoms with Crippen LogP contribution in [0.1, 0.15) is 17.0 Å². The topological polar surface area (TPSA) is 68.1 Å². The molecule has 0 aliphatic heterocycles. The molecule has 3 aromatic rings. The monoisotopic (exact) mass is 361 g/mol. The van der Waals surface area contributed by atoms with Gasteiger partial charge >= 0.3 is 0 Å². The molecule has 2 aromatic carbocycles. The molecule has 3 rings (SSSR count). The van der Waals surface area contributed by atoms with Gasteiger partial charge in [0.05, 0.1) is 17.3 Å². The van der Waals surface area contributed by atoms with Crippen LogP contribution < -0.4 is 15.4 Å². The summed E-state index contributed by atoms with van der Waals surface area (Å²) < 4.78 is 1.49. The van der Waals surface area contributed by atoms with Crippen LogP contribution in [0.25, 0.3) is 5.69 Å². The number of hydrogen-bond acceptors (Lipinski definition) is 4. The van der Waals surface area contributed by atoms with Crippen molar-refractivity contribution in [2.45, 2.75) is 5.92 Å². The van der Waals surface area contributed by atoms with E-state index in [2.05, 4.69) is 11.2 Å². The molecule has 0 spiro atoms. The molecule has 138 valence electrons. The number of nitrogens with one attached hydrogen (secondary N) is 1. The maximum Gasteiger partial charge on any atom is 0.278 e.